The second-order valence-electron chi connectivity index (χ2n) is 4.61. The average Bonchev–Trinajstić information content (AvgIpc) is 2.83. The van der Waals surface area contributed by atoms with E-state index in [1.165, 1.54) is 0 Å². The molecule has 1 atom stereocenters. The van der Waals surface area contributed by atoms with E-state index in [0.717, 1.165) is 25.0 Å². The molecule has 1 aromatic rings. The standard InChI is InChI=1S/C13H15F3N2O.ClH/c1-17-7-9-3-2-4-18(9)13(19)8-5-10(14)12(16)11(15)6-8;/h5-6,9,17H,2-4,7H2,1H3;1H. The molecular formula is C13H16ClF3N2O. The molecule has 2 rings (SSSR count). The van der Waals surface area contributed by atoms with Crippen LogP contribution in [-0.4, -0.2) is 37.0 Å². The number of hydrogen-bond acceptors (Lipinski definition) is 2. The zero-order valence-corrected chi connectivity index (χ0v) is 11.8. The average molecular weight is 309 g/mol. The molecule has 20 heavy (non-hydrogen) atoms. The zero-order valence-electron chi connectivity index (χ0n) is 11.0. The highest BCUT2D eigenvalue weighted by molar-refractivity contribution is 5.94. The second-order valence-corrected chi connectivity index (χ2v) is 4.61. The van der Waals surface area contributed by atoms with Gasteiger partial charge in [0, 0.05) is 24.7 Å². The number of rotatable bonds is 3. The Morgan fingerprint density at radius 3 is 2.50 bits per heavy atom. The van der Waals surface area contributed by atoms with Gasteiger partial charge in [-0.1, -0.05) is 0 Å². The van der Waals surface area contributed by atoms with Crippen LogP contribution in [0, 0.1) is 17.5 Å². The topological polar surface area (TPSA) is 32.3 Å². The third-order valence-electron chi connectivity index (χ3n) is 3.31. The summed E-state index contributed by atoms with van der Waals surface area (Å²) in [6.07, 6.45) is 1.70. The maximum absolute atomic E-state index is 13.1. The van der Waals surface area contributed by atoms with Gasteiger partial charge in [-0.15, -0.1) is 12.4 Å². The van der Waals surface area contributed by atoms with Crippen molar-refractivity contribution >= 4 is 18.3 Å². The highest BCUT2D eigenvalue weighted by Gasteiger charge is 2.29. The summed E-state index contributed by atoms with van der Waals surface area (Å²) in [7, 11) is 1.78. The third kappa shape index (κ3) is 3.24. The van der Waals surface area contributed by atoms with Crippen molar-refractivity contribution in [3.8, 4) is 0 Å². The molecule has 0 aromatic heterocycles. The number of carbonyl (C=O) groups is 1. The van der Waals surface area contributed by atoms with Crippen LogP contribution >= 0.6 is 12.4 Å². The highest BCUT2D eigenvalue weighted by Crippen LogP contribution is 2.21. The monoisotopic (exact) mass is 308 g/mol. The summed E-state index contributed by atoms with van der Waals surface area (Å²) in [4.78, 5) is 13.8. The molecule has 1 unspecified atom stereocenters. The Kier molecular flexibility index (Phi) is 5.83. The Hall–Kier alpha value is -1.27. The van der Waals surface area contributed by atoms with Crippen LogP contribution in [0.3, 0.4) is 0 Å². The fourth-order valence-electron chi connectivity index (χ4n) is 2.40. The maximum atomic E-state index is 13.1. The van der Waals surface area contributed by atoms with Crippen molar-refractivity contribution in [2.24, 2.45) is 0 Å². The van der Waals surface area contributed by atoms with E-state index < -0.39 is 23.4 Å². The number of nitrogens with one attached hydrogen (secondary N) is 1. The Morgan fingerprint density at radius 2 is 1.95 bits per heavy atom. The third-order valence-corrected chi connectivity index (χ3v) is 3.31. The van der Waals surface area contributed by atoms with Crippen LogP contribution in [0.4, 0.5) is 13.2 Å². The molecule has 1 aliphatic rings. The number of likely N-dealkylation sites (tertiary alicyclic amines) is 1. The van der Waals surface area contributed by atoms with Crippen LogP contribution in [0.25, 0.3) is 0 Å². The summed E-state index contributed by atoms with van der Waals surface area (Å²) >= 11 is 0. The Labute approximate surface area is 121 Å². The SMILES string of the molecule is CNCC1CCCN1C(=O)c1cc(F)c(F)c(F)c1.Cl. The highest BCUT2D eigenvalue weighted by atomic mass is 35.5. The molecule has 1 N–H and O–H groups in total. The quantitative estimate of drug-likeness (QED) is 0.869. The molecule has 112 valence electrons. The van der Waals surface area contributed by atoms with Gasteiger partial charge in [0.25, 0.3) is 5.91 Å². The maximum Gasteiger partial charge on any atom is 0.254 e. The molecule has 0 aliphatic carbocycles. The minimum Gasteiger partial charge on any atom is -0.334 e. The summed E-state index contributed by atoms with van der Waals surface area (Å²) in [6, 6.07) is 1.50. The van der Waals surface area contributed by atoms with Gasteiger partial charge in [0.15, 0.2) is 17.5 Å². The summed E-state index contributed by atoms with van der Waals surface area (Å²) in [5.74, 6) is -4.69. The number of nitrogens with zero attached hydrogens (tertiary/aromatic N) is 1. The fourth-order valence-corrected chi connectivity index (χ4v) is 2.40. The van der Waals surface area contributed by atoms with Crippen LogP contribution < -0.4 is 5.32 Å². The summed E-state index contributed by atoms with van der Waals surface area (Å²) in [6.45, 7) is 1.17. The lowest BCUT2D eigenvalue weighted by Crippen LogP contribution is -2.40. The Morgan fingerprint density at radius 1 is 1.35 bits per heavy atom. The molecule has 1 heterocycles. The summed E-state index contributed by atoms with van der Waals surface area (Å²) in [5.41, 5.74) is -0.153. The summed E-state index contributed by atoms with van der Waals surface area (Å²) in [5, 5.41) is 2.98. The predicted molar refractivity (Wildman–Crippen MR) is 71.5 cm³/mol. The van der Waals surface area contributed by atoms with E-state index in [4.69, 9.17) is 0 Å². The predicted octanol–water partition coefficient (Wildman–Crippen LogP) is 2.35. The van der Waals surface area contributed by atoms with E-state index >= 15 is 0 Å². The smallest absolute Gasteiger partial charge is 0.254 e. The van der Waals surface area contributed by atoms with Crippen molar-refractivity contribution in [3.05, 3.63) is 35.1 Å². The molecular weight excluding hydrogens is 293 g/mol. The molecule has 3 nitrogen and oxygen atoms in total. The normalized spacial score (nSPS) is 18.0. The minimum atomic E-state index is -1.55. The molecule has 1 aromatic carbocycles. The van der Waals surface area contributed by atoms with Gasteiger partial charge >= 0.3 is 0 Å². The van der Waals surface area contributed by atoms with E-state index in [0.29, 0.717) is 13.1 Å². The molecule has 0 spiro atoms. The van der Waals surface area contributed by atoms with E-state index in [9.17, 15) is 18.0 Å². The first-order valence-electron chi connectivity index (χ1n) is 6.14. The number of likely N-dealkylation sites (N-methyl/N-ethyl adjacent to an activating group) is 1. The van der Waals surface area contributed by atoms with Gasteiger partial charge in [-0.25, -0.2) is 13.2 Å². The molecule has 0 bridgehead atoms. The number of hydrogen-bond donors (Lipinski definition) is 1. The van der Waals surface area contributed by atoms with Gasteiger partial charge < -0.3 is 10.2 Å². The van der Waals surface area contributed by atoms with Crippen LogP contribution in [0.5, 0.6) is 0 Å². The molecule has 1 saturated heterocycles. The van der Waals surface area contributed by atoms with Crippen LogP contribution in [0.15, 0.2) is 12.1 Å². The largest absolute Gasteiger partial charge is 0.334 e. The first-order chi connectivity index (χ1) is 9.04. The molecule has 7 heteroatoms. The van der Waals surface area contributed by atoms with Crippen molar-refractivity contribution in [2.75, 3.05) is 20.1 Å². The number of carbonyl (C=O) groups excluding carboxylic acids is 1. The number of halogens is 4. The lowest BCUT2D eigenvalue weighted by Gasteiger charge is -2.24. The van der Waals surface area contributed by atoms with E-state index in [1.807, 2.05) is 0 Å². The van der Waals surface area contributed by atoms with Gasteiger partial charge in [0.1, 0.15) is 0 Å². The lowest BCUT2D eigenvalue weighted by atomic mass is 10.1. The first-order valence-corrected chi connectivity index (χ1v) is 6.14. The lowest BCUT2D eigenvalue weighted by molar-refractivity contribution is 0.0735. The molecule has 0 saturated carbocycles. The van der Waals surface area contributed by atoms with Gasteiger partial charge in [-0.3, -0.25) is 4.79 Å². The number of amides is 1. The van der Waals surface area contributed by atoms with Crippen molar-refractivity contribution < 1.29 is 18.0 Å². The van der Waals surface area contributed by atoms with Crippen molar-refractivity contribution in [2.45, 2.75) is 18.9 Å². The van der Waals surface area contributed by atoms with Crippen LogP contribution in [0.2, 0.25) is 0 Å². The number of benzene rings is 1. The second kappa shape index (κ2) is 6.95. The first kappa shape index (κ1) is 16.8. The van der Waals surface area contributed by atoms with Crippen LogP contribution in [-0.2, 0) is 0 Å². The minimum absolute atomic E-state index is 0. The Bertz CT molecular complexity index is 475. The Balaban J connectivity index is 0.00000200. The van der Waals surface area contributed by atoms with E-state index in [-0.39, 0.29) is 24.0 Å². The fraction of sp³-hybridized carbons (Fsp3) is 0.462. The molecule has 1 amide bonds. The van der Waals surface area contributed by atoms with Crippen molar-refractivity contribution in [1.82, 2.24) is 10.2 Å². The summed E-state index contributed by atoms with van der Waals surface area (Å²) < 4.78 is 39.1. The molecule has 0 radical (unpaired) electrons. The van der Waals surface area contributed by atoms with Crippen molar-refractivity contribution in [3.63, 3.8) is 0 Å². The van der Waals surface area contributed by atoms with Gasteiger partial charge in [0.05, 0.1) is 0 Å². The molecule has 1 aliphatic heterocycles. The van der Waals surface area contributed by atoms with Gasteiger partial charge in [-0.2, -0.15) is 0 Å². The van der Waals surface area contributed by atoms with Gasteiger partial charge in [-0.05, 0) is 32.0 Å². The zero-order chi connectivity index (χ0) is 14.0. The van der Waals surface area contributed by atoms with E-state index in [1.54, 1.807) is 11.9 Å². The van der Waals surface area contributed by atoms with Crippen LogP contribution in [0.1, 0.15) is 23.2 Å². The van der Waals surface area contributed by atoms with E-state index in [2.05, 4.69) is 5.32 Å². The van der Waals surface area contributed by atoms with Crippen molar-refractivity contribution in [1.29, 1.82) is 0 Å². The van der Waals surface area contributed by atoms with Gasteiger partial charge in [0.2, 0.25) is 0 Å². The molecule has 1 fully saturated rings.